The van der Waals surface area contributed by atoms with Crippen LogP contribution >= 0.6 is 0 Å². The van der Waals surface area contributed by atoms with E-state index in [2.05, 4.69) is 5.32 Å². The molecule has 0 aliphatic rings. The van der Waals surface area contributed by atoms with Gasteiger partial charge in [-0.2, -0.15) is 0 Å². The van der Waals surface area contributed by atoms with Gasteiger partial charge in [0, 0.05) is 18.1 Å². The van der Waals surface area contributed by atoms with Gasteiger partial charge in [-0.05, 0) is 30.7 Å². The number of amides is 1. The van der Waals surface area contributed by atoms with Crippen LogP contribution in [0.4, 0.5) is 5.69 Å². The molecule has 2 aromatic carbocycles. The summed E-state index contributed by atoms with van der Waals surface area (Å²) in [6.45, 7) is 1.77. The zero-order valence-corrected chi connectivity index (χ0v) is 14.0. The van der Waals surface area contributed by atoms with Crippen LogP contribution in [-0.2, 0) is 16.0 Å². The van der Waals surface area contributed by atoms with Crippen LogP contribution in [0.15, 0.2) is 48.5 Å². The Morgan fingerprint density at radius 3 is 2.54 bits per heavy atom. The summed E-state index contributed by atoms with van der Waals surface area (Å²) < 4.78 is 4.98. The number of carbonyl (C=O) groups is 2. The molecular formula is C18H18N2O6. The summed E-state index contributed by atoms with van der Waals surface area (Å²) in [4.78, 5) is 34.7. The number of hydrogen-bond acceptors (Lipinski definition) is 6. The fourth-order valence-corrected chi connectivity index (χ4v) is 2.35. The van der Waals surface area contributed by atoms with Crippen LogP contribution in [0.25, 0.3) is 0 Å². The lowest BCUT2D eigenvalue weighted by Gasteiger charge is -2.17. The normalized spacial score (nSPS) is 11.4. The monoisotopic (exact) mass is 358 g/mol. The average Bonchev–Trinajstić information content (AvgIpc) is 2.63. The van der Waals surface area contributed by atoms with E-state index in [1.54, 1.807) is 37.3 Å². The number of phenols is 1. The van der Waals surface area contributed by atoms with Gasteiger partial charge >= 0.3 is 11.7 Å². The van der Waals surface area contributed by atoms with Crippen molar-refractivity contribution in [2.45, 2.75) is 19.4 Å². The highest BCUT2D eigenvalue weighted by atomic mass is 16.6. The topological polar surface area (TPSA) is 119 Å². The smallest absolute Gasteiger partial charge is 0.328 e. The van der Waals surface area contributed by atoms with Crippen molar-refractivity contribution in [2.24, 2.45) is 0 Å². The molecule has 1 amide bonds. The van der Waals surface area contributed by atoms with Crippen LogP contribution in [0.1, 0.15) is 22.8 Å². The standard InChI is InChI=1S/C18H18N2O6/c1-2-26-18(23)14(19-17(22)13-6-4-3-5-7-13)10-12-8-9-16(21)15(11-12)20(24)25/h3-9,11,14,21H,2,10H2,1H3,(H,19,22). The number of esters is 1. The highest BCUT2D eigenvalue weighted by Crippen LogP contribution is 2.26. The number of phenolic OH excluding ortho intramolecular Hbond substituents is 1. The Bertz CT molecular complexity index is 807. The van der Waals surface area contributed by atoms with Gasteiger partial charge in [0.15, 0.2) is 5.75 Å². The van der Waals surface area contributed by atoms with Crippen molar-refractivity contribution in [2.75, 3.05) is 6.61 Å². The van der Waals surface area contributed by atoms with Crippen molar-refractivity contribution < 1.29 is 24.4 Å². The lowest BCUT2D eigenvalue weighted by Crippen LogP contribution is -2.43. The predicted molar refractivity (Wildman–Crippen MR) is 92.8 cm³/mol. The number of carbonyl (C=O) groups excluding carboxylic acids is 2. The lowest BCUT2D eigenvalue weighted by molar-refractivity contribution is -0.385. The zero-order chi connectivity index (χ0) is 19.1. The van der Waals surface area contributed by atoms with Gasteiger partial charge in [0.05, 0.1) is 11.5 Å². The molecule has 136 valence electrons. The third-order valence-corrected chi connectivity index (χ3v) is 3.59. The molecule has 0 spiro atoms. The van der Waals surface area contributed by atoms with E-state index in [1.807, 2.05) is 0 Å². The molecule has 8 nitrogen and oxygen atoms in total. The van der Waals surface area contributed by atoms with E-state index in [0.29, 0.717) is 11.1 Å². The van der Waals surface area contributed by atoms with Crippen LogP contribution in [0, 0.1) is 10.1 Å². The molecule has 2 N–H and O–H groups in total. The zero-order valence-electron chi connectivity index (χ0n) is 14.0. The number of nitro groups is 1. The number of nitrogens with one attached hydrogen (secondary N) is 1. The molecular weight excluding hydrogens is 340 g/mol. The Balaban J connectivity index is 2.22. The molecule has 0 saturated heterocycles. The number of aromatic hydroxyl groups is 1. The van der Waals surface area contributed by atoms with Crippen LogP contribution in [0.2, 0.25) is 0 Å². The summed E-state index contributed by atoms with van der Waals surface area (Å²) in [5, 5.41) is 23.1. The molecule has 0 aliphatic heterocycles. The van der Waals surface area contributed by atoms with Crippen molar-refractivity contribution in [3.63, 3.8) is 0 Å². The van der Waals surface area contributed by atoms with Crippen LogP contribution in [-0.4, -0.2) is 34.6 Å². The van der Waals surface area contributed by atoms with Crippen molar-refractivity contribution in [3.05, 3.63) is 69.8 Å². The van der Waals surface area contributed by atoms with E-state index in [4.69, 9.17) is 4.74 Å². The summed E-state index contributed by atoms with van der Waals surface area (Å²) in [5.74, 6) is -1.58. The van der Waals surface area contributed by atoms with Gasteiger partial charge in [-0.1, -0.05) is 24.3 Å². The SMILES string of the molecule is CCOC(=O)C(Cc1ccc(O)c([N+](=O)[O-])c1)NC(=O)c1ccccc1. The second-order valence-corrected chi connectivity index (χ2v) is 5.43. The summed E-state index contributed by atoms with van der Waals surface area (Å²) >= 11 is 0. The number of benzene rings is 2. The molecule has 8 heteroatoms. The van der Waals surface area contributed by atoms with Gasteiger partial charge in [-0.15, -0.1) is 0 Å². The van der Waals surface area contributed by atoms with E-state index in [0.717, 1.165) is 6.07 Å². The molecule has 1 unspecified atom stereocenters. The maximum absolute atomic E-state index is 12.3. The highest BCUT2D eigenvalue weighted by molar-refractivity contribution is 5.96. The van der Waals surface area contributed by atoms with E-state index in [1.165, 1.54) is 12.1 Å². The Labute approximate surface area is 149 Å². The van der Waals surface area contributed by atoms with Gasteiger partial charge in [0.1, 0.15) is 6.04 Å². The van der Waals surface area contributed by atoms with E-state index >= 15 is 0 Å². The minimum Gasteiger partial charge on any atom is -0.502 e. The van der Waals surface area contributed by atoms with Crippen LogP contribution < -0.4 is 5.32 Å². The molecule has 1 atom stereocenters. The van der Waals surface area contributed by atoms with E-state index < -0.39 is 34.3 Å². The molecule has 26 heavy (non-hydrogen) atoms. The van der Waals surface area contributed by atoms with Gasteiger partial charge in [-0.3, -0.25) is 14.9 Å². The highest BCUT2D eigenvalue weighted by Gasteiger charge is 2.24. The Morgan fingerprint density at radius 2 is 1.92 bits per heavy atom. The largest absolute Gasteiger partial charge is 0.502 e. The van der Waals surface area contributed by atoms with Crippen LogP contribution in [0.3, 0.4) is 0 Å². The predicted octanol–water partition coefficient (Wildman–Crippen LogP) is 2.20. The van der Waals surface area contributed by atoms with E-state index in [9.17, 15) is 24.8 Å². The maximum atomic E-state index is 12.3. The average molecular weight is 358 g/mol. The third-order valence-electron chi connectivity index (χ3n) is 3.59. The Hall–Kier alpha value is -3.42. The number of ether oxygens (including phenoxy) is 1. The van der Waals surface area contributed by atoms with E-state index in [-0.39, 0.29) is 13.0 Å². The second-order valence-electron chi connectivity index (χ2n) is 5.43. The minimum atomic E-state index is -1.02. The van der Waals surface area contributed by atoms with Gasteiger partial charge in [0.25, 0.3) is 5.91 Å². The first kappa shape index (κ1) is 18.9. The molecule has 0 heterocycles. The van der Waals surface area contributed by atoms with Crippen molar-refractivity contribution in [1.82, 2.24) is 5.32 Å². The van der Waals surface area contributed by atoms with Gasteiger partial charge in [0.2, 0.25) is 0 Å². The first-order chi connectivity index (χ1) is 12.4. The molecule has 0 aliphatic carbocycles. The lowest BCUT2D eigenvalue weighted by atomic mass is 10.0. The third kappa shape index (κ3) is 4.79. The number of rotatable bonds is 7. The van der Waals surface area contributed by atoms with Gasteiger partial charge in [-0.25, -0.2) is 4.79 Å². The fourth-order valence-electron chi connectivity index (χ4n) is 2.35. The minimum absolute atomic E-state index is 0.0154. The quantitative estimate of drug-likeness (QED) is 0.445. The Morgan fingerprint density at radius 1 is 1.23 bits per heavy atom. The van der Waals surface area contributed by atoms with Crippen molar-refractivity contribution in [1.29, 1.82) is 0 Å². The van der Waals surface area contributed by atoms with Gasteiger partial charge < -0.3 is 15.2 Å². The molecule has 0 bridgehead atoms. The number of nitro benzene ring substituents is 1. The Kier molecular flexibility index (Phi) is 6.26. The summed E-state index contributed by atoms with van der Waals surface area (Å²) in [6.07, 6.45) is -0.0154. The first-order valence-corrected chi connectivity index (χ1v) is 7.91. The van der Waals surface area contributed by atoms with Crippen molar-refractivity contribution in [3.8, 4) is 5.75 Å². The van der Waals surface area contributed by atoms with Crippen molar-refractivity contribution >= 4 is 17.6 Å². The molecule has 0 fully saturated rings. The molecule has 0 aromatic heterocycles. The van der Waals surface area contributed by atoms with Crippen LogP contribution in [0.5, 0.6) is 5.75 Å². The fraction of sp³-hybridized carbons (Fsp3) is 0.222. The summed E-state index contributed by atoms with van der Waals surface area (Å²) in [7, 11) is 0. The second kappa shape index (κ2) is 8.61. The number of nitrogens with zero attached hydrogens (tertiary/aromatic N) is 1. The summed E-state index contributed by atoms with van der Waals surface area (Å²) in [5.41, 5.74) is 0.305. The molecule has 0 radical (unpaired) electrons. The maximum Gasteiger partial charge on any atom is 0.328 e. The molecule has 0 saturated carbocycles. The first-order valence-electron chi connectivity index (χ1n) is 7.91. The number of hydrogen-bond donors (Lipinski definition) is 2. The molecule has 2 rings (SSSR count). The summed E-state index contributed by atoms with van der Waals surface area (Å²) in [6, 6.07) is 11.1. The molecule has 2 aromatic rings.